The molecule has 4 nitrogen and oxygen atoms in total. The van der Waals surface area contributed by atoms with Gasteiger partial charge < -0.3 is 10.3 Å². The van der Waals surface area contributed by atoms with Crippen molar-refractivity contribution >= 4 is 0 Å². The largest absolute Gasteiger partial charge is 0.337 e. The van der Waals surface area contributed by atoms with Crippen molar-refractivity contribution in [3.63, 3.8) is 0 Å². The van der Waals surface area contributed by atoms with Crippen LogP contribution < -0.4 is 5.73 Å². The van der Waals surface area contributed by atoms with Gasteiger partial charge >= 0.3 is 0 Å². The molecule has 1 aliphatic rings. The fraction of sp³-hybridized carbons (Fsp3) is 0.667. The molecule has 0 aromatic carbocycles. The number of nitrogens with two attached hydrogens (primary N) is 1. The van der Waals surface area contributed by atoms with Crippen molar-refractivity contribution in [3.8, 4) is 6.07 Å². The fourth-order valence-electron chi connectivity index (χ4n) is 2.05. The third kappa shape index (κ3) is 2.61. The van der Waals surface area contributed by atoms with Gasteiger partial charge in [0.1, 0.15) is 0 Å². The van der Waals surface area contributed by atoms with Crippen LogP contribution >= 0.6 is 0 Å². The maximum atomic E-state index is 8.75. The average molecular weight is 218 g/mol. The third-order valence-electron chi connectivity index (χ3n) is 3.15. The summed E-state index contributed by atoms with van der Waals surface area (Å²) in [5, 5.41) is 8.75. The van der Waals surface area contributed by atoms with E-state index in [0.29, 0.717) is 6.42 Å². The van der Waals surface area contributed by atoms with E-state index in [1.54, 1.807) is 0 Å². The highest BCUT2D eigenvalue weighted by Crippen LogP contribution is 2.49. The Morgan fingerprint density at radius 2 is 2.44 bits per heavy atom. The predicted molar refractivity (Wildman–Crippen MR) is 61.5 cm³/mol. The molecular weight excluding hydrogens is 200 g/mol. The summed E-state index contributed by atoms with van der Waals surface area (Å²) in [6.07, 6.45) is 7.73. The van der Waals surface area contributed by atoms with Crippen LogP contribution in [0.25, 0.3) is 0 Å². The van der Waals surface area contributed by atoms with Crippen LogP contribution in [0.5, 0.6) is 0 Å². The number of imidazole rings is 1. The predicted octanol–water partition coefficient (Wildman–Crippen LogP) is 1.47. The third-order valence-corrected chi connectivity index (χ3v) is 3.15. The maximum absolute atomic E-state index is 8.75. The van der Waals surface area contributed by atoms with Crippen LogP contribution in [0.4, 0.5) is 0 Å². The summed E-state index contributed by atoms with van der Waals surface area (Å²) in [5.74, 6) is 0. The van der Waals surface area contributed by atoms with Crippen LogP contribution in [0.3, 0.4) is 0 Å². The molecule has 0 spiro atoms. The first-order chi connectivity index (χ1) is 7.63. The van der Waals surface area contributed by atoms with E-state index in [2.05, 4.69) is 21.8 Å². The van der Waals surface area contributed by atoms with Crippen LogP contribution in [0.1, 0.15) is 31.9 Å². The van der Waals surface area contributed by atoms with Crippen molar-refractivity contribution in [2.24, 2.45) is 11.1 Å². The lowest BCUT2D eigenvalue weighted by molar-refractivity contribution is 0.431. The highest BCUT2D eigenvalue weighted by molar-refractivity contribution is 5.03. The molecule has 1 aromatic rings. The van der Waals surface area contributed by atoms with Crippen molar-refractivity contribution in [1.82, 2.24) is 9.55 Å². The molecule has 0 radical (unpaired) electrons. The molecule has 1 aliphatic carbocycles. The van der Waals surface area contributed by atoms with Crippen molar-refractivity contribution in [1.29, 1.82) is 5.26 Å². The van der Waals surface area contributed by atoms with Crippen molar-refractivity contribution in [3.05, 3.63) is 18.2 Å². The van der Waals surface area contributed by atoms with Crippen molar-refractivity contribution in [2.45, 2.75) is 45.2 Å². The molecule has 1 atom stereocenters. The molecule has 2 rings (SSSR count). The van der Waals surface area contributed by atoms with E-state index in [9.17, 15) is 0 Å². The molecule has 0 aliphatic heterocycles. The second-order valence-corrected chi connectivity index (χ2v) is 5.05. The van der Waals surface area contributed by atoms with E-state index in [1.807, 2.05) is 13.3 Å². The number of nitriles is 1. The number of nitrogens with zero attached hydrogens (tertiary/aromatic N) is 3. The normalized spacial score (nSPS) is 19.1. The number of hydrogen-bond acceptors (Lipinski definition) is 3. The Balaban J connectivity index is 1.95. The Kier molecular flexibility index (Phi) is 2.97. The Morgan fingerprint density at radius 3 is 3.00 bits per heavy atom. The van der Waals surface area contributed by atoms with Gasteiger partial charge in [-0.1, -0.05) is 0 Å². The van der Waals surface area contributed by atoms with Gasteiger partial charge in [0.25, 0.3) is 0 Å². The first kappa shape index (κ1) is 11.2. The molecule has 0 saturated heterocycles. The monoisotopic (exact) mass is 218 g/mol. The second-order valence-electron chi connectivity index (χ2n) is 5.05. The summed E-state index contributed by atoms with van der Waals surface area (Å²) in [7, 11) is 0. The Hall–Kier alpha value is -1.34. The Bertz CT molecular complexity index is 395. The number of rotatable bonds is 5. The zero-order valence-electron chi connectivity index (χ0n) is 9.69. The van der Waals surface area contributed by atoms with Gasteiger partial charge in [-0.25, -0.2) is 4.98 Å². The summed E-state index contributed by atoms with van der Waals surface area (Å²) in [6.45, 7) is 2.91. The molecule has 1 heterocycles. The smallest absolute Gasteiger partial charge is 0.0949 e. The molecule has 2 N–H and O–H groups in total. The molecule has 1 saturated carbocycles. The average Bonchev–Trinajstić information content (AvgIpc) is 2.80. The van der Waals surface area contributed by atoms with E-state index in [1.165, 1.54) is 12.8 Å². The minimum Gasteiger partial charge on any atom is -0.337 e. The highest BCUT2D eigenvalue weighted by Gasteiger charge is 2.42. The van der Waals surface area contributed by atoms with Gasteiger partial charge in [-0.3, -0.25) is 0 Å². The molecule has 1 aromatic heterocycles. The molecular formula is C12H18N4. The maximum Gasteiger partial charge on any atom is 0.0949 e. The van der Waals surface area contributed by atoms with E-state index >= 15 is 0 Å². The molecule has 1 fully saturated rings. The minimum atomic E-state index is 0.150. The van der Waals surface area contributed by atoms with Gasteiger partial charge in [-0.2, -0.15) is 5.26 Å². The zero-order valence-corrected chi connectivity index (χ0v) is 9.69. The summed E-state index contributed by atoms with van der Waals surface area (Å²) in [4.78, 5) is 4.33. The second kappa shape index (κ2) is 4.26. The van der Waals surface area contributed by atoms with E-state index in [0.717, 1.165) is 18.7 Å². The standard InChI is InChI=1S/C12H18N4/c1-10(14)6-11-7-16(9-15-11)8-12(2-3-12)4-5-13/h7,9-10H,2-4,6,8,14H2,1H3. The topological polar surface area (TPSA) is 67.6 Å². The van der Waals surface area contributed by atoms with Crippen LogP contribution in [-0.4, -0.2) is 15.6 Å². The Morgan fingerprint density at radius 1 is 1.69 bits per heavy atom. The molecule has 16 heavy (non-hydrogen) atoms. The van der Waals surface area contributed by atoms with Gasteiger partial charge in [0.2, 0.25) is 0 Å². The lowest BCUT2D eigenvalue weighted by Crippen LogP contribution is -2.18. The van der Waals surface area contributed by atoms with E-state index in [4.69, 9.17) is 11.0 Å². The van der Waals surface area contributed by atoms with Gasteiger partial charge in [0.05, 0.1) is 18.1 Å². The zero-order chi connectivity index (χ0) is 11.6. The highest BCUT2D eigenvalue weighted by atomic mass is 15.0. The van der Waals surface area contributed by atoms with Gasteiger partial charge in [0, 0.05) is 37.0 Å². The van der Waals surface area contributed by atoms with Crippen LogP contribution in [0.15, 0.2) is 12.5 Å². The number of aromatic nitrogens is 2. The summed E-state index contributed by atoms with van der Waals surface area (Å²) in [5.41, 5.74) is 7.01. The molecule has 4 heteroatoms. The number of hydrogen-bond donors (Lipinski definition) is 1. The lowest BCUT2D eigenvalue weighted by atomic mass is 10.0. The summed E-state index contributed by atoms with van der Waals surface area (Å²) >= 11 is 0. The van der Waals surface area contributed by atoms with E-state index < -0.39 is 0 Å². The molecule has 0 amide bonds. The lowest BCUT2D eigenvalue weighted by Gasteiger charge is -2.10. The minimum absolute atomic E-state index is 0.150. The SMILES string of the molecule is CC(N)Cc1cn(CC2(CC#N)CC2)cn1. The van der Waals surface area contributed by atoms with Gasteiger partial charge in [-0.15, -0.1) is 0 Å². The summed E-state index contributed by atoms with van der Waals surface area (Å²) < 4.78 is 2.10. The first-order valence-corrected chi connectivity index (χ1v) is 5.77. The fourth-order valence-corrected chi connectivity index (χ4v) is 2.05. The molecule has 0 bridgehead atoms. The first-order valence-electron chi connectivity index (χ1n) is 5.77. The Labute approximate surface area is 96.1 Å². The summed E-state index contributed by atoms with van der Waals surface area (Å²) in [6, 6.07) is 2.43. The van der Waals surface area contributed by atoms with E-state index in [-0.39, 0.29) is 11.5 Å². The molecule has 86 valence electrons. The van der Waals surface area contributed by atoms with Crippen LogP contribution in [0.2, 0.25) is 0 Å². The van der Waals surface area contributed by atoms with Crippen LogP contribution in [0, 0.1) is 16.7 Å². The van der Waals surface area contributed by atoms with Gasteiger partial charge in [0.15, 0.2) is 0 Å². The molecule has 1 unspecified atom stereocenters. The quantitative estimate of drug-likeness (QED) is 0.813. The van der Waals surface area contributed by atoms with Crippen LogP contribution in [-0.2, 0) is 13.0 Å². The van der Waals surface area contributed by atoms with Crippen molar-refractivity contribution < 1.29 is 0 Å². The van der Waals surface area contributed by atoms with Crippen molar-refractivity contribution in [2.75, 3.05) is 0 Å². The van der Waals surface area contributed by atoms with Gasteiger partial charge in [-0.05, 0) is 19.8 Å².